The number of hydrogen-bond acceptors (Lipinski definition) is 3. The van der Waals surface area contributed by atoms with Crippen molar-refractivity contribution in [2.45, 2.75) is 18.9 Å². The smallest absolute Gasteiger partial charge is 0.223 e. The Morgan fingerprint density at radius 3 is 2.73 bits per heavy atom. The van der Waals surface area contributed by atoms with Gasteiger partial charge in [-0.15, -0.1) is 24.0 Å². The minimum atomic E-state index is -0.577. The van der Waals surface area contributed by atoms with Gasteiger partial charge >= 0.3 is 0 Å². The molecule has 0 radical (unpaired) electrons. The molecule has 1 aromatic rings. The molecule has 0 aromatic heterocycles. The van der Waals surface area contributed by atoms with Crippen molar-refractivity contribution >= 4 is 41.5 Å². The van der Waals surface area contributed by atoms with E-state index < -0.39 is 11.6 Å². The van der Waals surface area contributed by atoms with E-state index in [2.05, 4.69) is 15.6 Å². The molecule has 2 rings (SSSR count). The summed E-state index contributed by atoms with van der Waals surface area (Å²) in [6.07, 6.45) is 1.19. The van der Waals surface area contributed by atoms with Gasteiger partial charge in [0.1, 0.15) is 11.6 Å². The van der Waals surface area contributed by atoms with Crippen molar-refractivity contribution < 1.29 is 13.6 Å². The van der Waals surface area contributed by atoms with Gasteiger partial charge in [0.2, 0.25) is 5.91 Å². The summed E-state index contributed by atoms with van der Waals surface area (Å²) < 4.78 is 26.9. The van der Waals surface area contributed by atoms with Crippen molar-refractivity contribution in [3.05, 3.63) is 29.8 Å². The Bertz CT molecular complexity index is 642. The minimum Gasteiger partial charge on any atom is -0.367 e. The van der Waals surface area contributed by atoms with Gasteiger partial charge in [-0.2, -0.15) is 0 Å². The summed E-state index contributed by atoms with van der Waals surface area (Å²) in [4.78, 5) is 19.1. The number of benzene rings is 1. The highest BCUT2D eigenvalue weighted by Gasteiger charge is 2.25. The number of carbonyl (C=O) groups is 1. The van der Waals surface area contributed by atoms with E-state index in [1.165, 1.54) is 12.1 Å². The van der Waals surface area contributed by atoms with E-state index in [0.717, 1.165) is 12.5 Å². The molecule has 1 heterocycles. The summed E-state index contributed by atoms with van der Waals surface area (Å²) in [7, 11) is 5.10. The van der Waals surface area contributed by atoms with Crippen LogP contribution in [0, 0.1) is 11.6 Å². The number of guanidine groups is 1. The van der Waals surface area contributed by atoms with Crippen LogP contribution < -0.4 is 15.5 Å². The molecule has 0 aliphatic carbocycles. The molecule has 0 saturated carbocycles. The Balaban J connectivity index is 0.00000338. The zero-order valence-corrected chi connectivity index (χ0v) is 17.6. The summed E-state index contributed by atoms with van der Waals surface area (Å²) in [5.41, 5.74) is 0.408. The topological polar surface area (TPSA) is 60.0 Å². The highest BCUT2D eigenvalue weighted by molar-refractivity contribution is 14.0. The fraction of sp³-hybridized carbons (Fsp3) is 0.529. The van der Waals surface area contributed by atoms with Crippen LogP contribution in [0.3, 0.4) is 0 Å². The highest BCUT2D eigenvalue weighted by Crippen LogP contribution is 2.24. The lowest BCUT2D eigenvalue weighted by Gasteiger charge is -2.21. The molecule has 6 nitrogen and oxygen atoms in total. The largest absolute Gasteiger partial charge is 0.367 e. The Kier molecular flexibility index (Phi) is 9.03. The van der Waals surface area contributed by atoms with Crippen molar-refractivity contribution in [2.24, 2.45) is 4.99 Å². The van der Waals surface area contributed by atoms with Gasteiger partial charge in [0, 0.05) is 59.3 Å². The van der Waals surface area contributed by atoms with Crippen molar-refractivity contribution in [3.8, 4) is 0 Å². The molecule has 9 heteroatoms. The Labute approximate surface area is 170 Å². The van der Waals surface area contributed by atoms with E-state index in [1.807, 2.05) is 4.90 Å². The van der Waals surface area contributed by atoms with Gasteiger partial charge in [0.25, 0.3) is 0 Å². The van der Waals surface area contributed by atoms with Gasteiger partial charge in [0.05, 0.1) is 5.69 Å². The van der Waals surface area contributed by atoms with Crippen LogP contribution in [0.1, 0.15) is 12.8 Å². The predicted octanol–water partition coefficient (Wildman–Crippen LogP) is 1.80. The zero-order valence-electron chi connectivity index (χ0n) is 15.3. The lowest BCUT2D eigenvalue weighted by atomic mass is 10.2. The lowest BCUT2D eigenvalue weighted by molar-refractivity contribution is -0.128. The number of rotatable bonds is 5. The molecule has 1 aromatic carbocycles. The predicted molar refractivity (Wildman–Crippen MR) is 110 cm³/mol. The summed E-state index contributed by atoms with van der Waals surface area (Å²) in [6, 6.07) is 3.73. The molecule has 1 aliphatic heterocycles. The van der Waals surface area contributed by atoms with Gasteiger partial charge < -0.3 is 20.4 Å². The lowest BCUT2D eigenvalue weighted by Crippen LogP contribution is -2.45. The first-order chi connectivity index (χ1) is 11.9. The van der Waals surface area contributed by atoms with Crippen LogP contribution >= 0.6 is 24.0 Å². The zero-order chi connectivity index (χ0) is 18.4. The van der Waals surface area contributed by atoms with E-state index in [-0.39, 0.29) is 35.9 Å². The average Bonchev–Trinajstić information content (AvgIpc) is 3.01. The van der Waals surface area contributed by atoms with Crippen LogP contribution in [-0.2, 0) is 4.79 Å². The van der Waals surface area contributed by atoms with Gasteiger partial charge in [-0.05, 0) is 18.6 Å². The third-order valence-electron chi connectivity index (χ3n) is 4.13. The average molecular weight is 481 g/mol. The van der Waals surface area contributed by atoms with E-state index in [0.29, 0.717) is 37.7 Å². The summed E-state index contributed by atoms with van der Waals surface area (Å²) in [5.74, 6) is -0.475. The normalized spacial score (nSPS) is 16.9. The number of carbonyl (C=O) groups excluding carboxylic acids is 1. The quantitative estimate of drug-likeness (QED) is 0.383. The SMILES string of the molecule is CN=C(NCCC(=O)N(C)C)NC1CCN(c2ccc(F)cc2F)C1.I. The molecular formula is C17H26F2IN5O. The van der Waals surface area contributed by atoms with Gasteiger partial charge in [-0.3, -0.25) is 9.79 Å². The van der Waals surface area contributed by atoms with Crippen molar-refractivity contribution in [2.75, 3.05) is 45.7 Å². The van der Waals surface area contributed by atoms with Crippen molar-refractivity contribution in [1.29, 1.82) is 0 Å². The van der Waals surface area contributed by atoms with Crippen LogP contribution in [0.5, 0.6) is 0 Å². The van der Waals surface area contributed by atoms with Crippen LogP contribution in [-0.4, -0.2) is 63.6 Å². The van der Waals surface area contributed by atoms with E-state index in [4.69, 9.17) is 0 Å². The maximum absolute atomic E-state index is 13.9. The molecule has 26 heavy (non-hydrogen) atoms. The molecule has 1 fully saturated rings. The first kappa shape index (κ1) is 22.4. The Hall–Kier alpha value is -1.65. The van der Waals surface area contributed by atoms with Gasteiger partial charge in [-0.1, -0.05) is 0 Å². The molecule has 1 saturated heterocycles. The van der Waals surface area contributed by atoms with Crippen LogP contribution in [0.4, 0.5) is 14.5 Å². The van der Waals surface area contributed by atoms with Crippen LogP contribution in [0.2, 0.25) is 0 Å². The number of aliphatic imine (C=N–C) groups is 1. The summed E-state index contributed by atoms with van der Waals surface area (Å²) >= 11 is 0. The fourth-order valence-electron chi connectivity index (χ4n) is 2.73. The second-order valence-corrected chi connectivity index (χ2v) is 6.21. The third-order valence-corrected chi connectivity index (χ3v) is 4.13. The maximum atomic E-state index is 13.9. The molecule has 1 amide bonds. The summed E-state index contributed by atoms with van der Waals surface area (Å²) in [6.45, 7) is 1.76. The standard InChI is InChI=1S/C17H25F2N5O.HI/c1-20-17(21-8-6-16(25)23(2)3)22-13-7-9-24(11-13)15-5-4-12(18)10-14(15)19;/h4-5,10,13H,6-9,11H2,1-3H3,(H2,20,21,22);1H. The number of halogens is 3. The van der Waals surface area contributed by atoms with Crippen LogP contribution in [0.15, 0.2) is 23.2 Å². The first-order valence-corrected chi connectivity index (χ1v) is 8.28. The molecular weight excluding hydrogens is 455 g/mol. The Morgan fingerprint density at radius 1 is 1.38 bits per heavy atom. The van der Waals surface area contributed by atoms with Crippen LogP contribution in [0.25, 0.3) is 0 Å². The second-order valence-electron chi connectivity index (χ2n) is 6.21. The molecule has 0 bridgehead atoms. The monoisotopic (exact) mass is 481 g/mol. The highest BCUT2D eigenvalue weighted by atomic mass is 127. The molecule has 0 spiro atoms. The van der Waals surface area contributed by atoms with Gasteiger partial charge in [-0.25, -0.2) is 8.78 Å². The number of hydrogen-bond donors (Lipinski definition) is 2. The van der Waals surface area contributed by atoms with Crippen molar-refractivity contribution in [1.82, 2.24) is 15.5 Å². The van der Waals surface area contributed by atoms with Crippen molar-refractivity contribution in [3.63, 3.8) is 0 Å². The fourth-order valence-corrected chi connectivity index (χ4v) is 2.73. The van der Waals surface area contributed by atoms with E-state index in [1.54, 1.807) is 26.0 Å². The van der Waals surface area contributed by atoms with Gasteiger partial charge in [0.15, 0.2) is 5.96 Å². The summed E-state index contributed by atoms with van der Waals surface area (Å²) in [5, 5.41) is 6.38. The Morgan fingerprint density at radius 2 is 2.12 bits per heavy atom. The van der Waals surface area contributed by atoms with E-state index in [9.17, 15) is 13.6 Å². The number of amides is 1. The first-order valence-electron chi connectivity index (χ1n) is 8.28. The maximum Gasteiger partial charge on any atom is 0.223 e. The molecule has 1 aliphatic rings. The minimum absolute atomic E-state index is 0. The third kappa shape index (κ3) is 6.26. The molecule has 1 unspecified atom stereocenters. The molecule has 1 atom stereocenters. The number of nitrogens with zero attached hydrogens (tertiary/aromatic N) is 3. The second kappa shape index (κ2) is 10.5. The molecule has 146 valence electrons. The number of anilines is 1. The van der Waals surface area contributed by atoms with E-state index >= 15 is 0 Å². The number of nitrogens with one attached hydrogen (secondary N) is 2. The molecule has 2 N–H and O–H groups in total.